The lowest BCUT2D eigenvalue weighted by atomic mass is 9.47. The summed E-state index contributed by atoms with van der Waals surface area (Å²) in [7, 11) is 0. The molecule has 0 heterocycles. The highest BCUT2D eigenvalue weighted by molar-refractivity contribution is 6.33. The summed E-state index contributed by atoms with van der Waals surface area (Å²) in [6.45, 7) is 4.04. The summed E-state index contributed by atoms with van der Waals surface area (Å²) in [4.78, 5) is 48.0. The van der Waals surface area contributed by atoms with Crippen LogP contribution >= 0.6 is 0 Å². The van der Waals surface area contributed by atoms with Crippen molar-refractivity contribution >= 4 is 23.6 Å². The summed E-state index contributed by atoms with van der Waals surface area (Å²) in [6, 6.07) is 0. The first kappa shape index (κ1) is 16.4. The van der Waals surface area contributed by atoms with Crippen molar-refractivity contribution in [3.63, 3.8) is 0 Å². The van der Waals surface area contributed by atoms with Crippen LogP contribution in [0.5, 0.6) is 0 Å². The summed E-state index contributed by atoms with van der Waals surface area (Å²) in [6.07, 6.45) is 10.2. The average Bonchev–Trinajstić information content (AvgIpc) is 2.91. The predicted molar refractivity (Wildman–Crippen MR) is 91.5 cm³/mol. The Morgan fingerprint density at radius 2 is 2.04 bits per heavy atom. The molecule has 0 aromatic heterocycles. The van der Waals surface area contributed by atoms with E-state index in [4.69, 9.17) is 0 Å². The Hall–Kier alpha value is -2.10. The van der Waals surface area contributed by atoms with Crippen LogP contribution in [0.25, 0.3) is 0 Å². The molecule has 4 aliphatic carbocycles. The van der Waals surface area contributed by atoms with Gasteiger partial charge in [-0.05, 0) is 43.3 Å². The second-order valence-electron chi connectivity index (χ2n) is 8.37. The zero-order chi connectivity index (χ0) is 18.0. The largest absolute Gasteiger partial charge is 0.299 e. The van der Waals surface area contributed by atoms with Gasteiger partial charge >= 0.3 is 0 Å². The maximum atomic E-state index is 13.2. The fourth-order valence-corrected chi connectivity index (χ4v) is 6.05. The van der Waals surface area contributed by atoms with E-state index in [1.54, 1.807) is 12.2 Å². The van der Waals surface area contributed by atoms with Gasteiger partial charge in [-0.1, -0.05) is 31.6 Å². The molecule has 5 atom stereocenters. The van der Waals surface area contributed by atoms with Gasteiger partial charge in [-0.2, -0.15) is 0 Å². The van der Waals surface area contributed by atoms with Crippen LogP contribution in [0, 0.1) is 28.6 Å². The molecule has 4 nitrogen and oxygen atoms in total. The zero-order valence-electron chi connectivity index (χ0n) is 14.6. The summed E-state index contributed by atoms with van der Waals surface area (Å²) < 4.78 is 0. The molecule has 25 heavy (non-hydrogen) atoms. The molecule has 2 saturated carbocycles. The van der Waals surface area contributed by atoms with Crippen molar-refractivity contribution in [1.29, 1.82) is 0 Å². The normalized spacial score (nSPS) is 42.1. The monoisotopic (exact) mass is 338 g/mol. The van der Waals surface area contributed by atoms with E-state index in [0.29, 0.717) is 18.3 Å². The predicted octanol–water partition coefficient (Wildman–Crippen LogP) is 2.78. The molecule has 0 aliphatic heterocycles. The first-order valence-electron chi connectivity index (χ1n) is 8.98. The smallest absolute Gasteiger partial charge is 0.221 e. The Bertz CT molecular complexity index is 799. The molecule has 0 spiro atoms. The molecule has 2 fully saturated rings. The van der Waals surface area contributed by atoms with Crippen molar-refractivity contribution in [1.82, 2.24) is 0 Å². The third kappa shape index (κ3) is 2.06. The minimum atomic E-state index is -0.526. The Kier molecular flexibility index (Phi) is 3.40. The summed E-state index contributed by atoms with van der Waals surface area (Å²) in [5.74, 6) is -0.0863. The lowest BCUT2D eigenvalue weighted by Gasteiger charge is -2.55. The highest BCUT2D eigenvalue weighted by Gasteiger charge is 2.60. The number of hydrogen-bond donors (Lipinski definition) is 0. The average molecular weight is 338 g/mol. The van der Waals surface area contributed by atoms with E-state index in [1.807, 2.05) is 19.1 Å². The van der Waals surface area contributed by atoms with Crippen LogP contribution in [0.4, 0.5) is 0 Å². The number of rotatable bonds is 2. The molecule has 0 radical (unpaired) electrons. The second kappa shape index (κ2) is 5.20. The van der Waals surface area contributed by atoms with Crippen LogP contribution in [0.3, 0.4) is 0 Å². The van der Waals surface area contributed by atoms with Gasteiger partial charge in [0.2, 0.25) is 5.78 Å². The van der Waals surface area contributed by atoms with Crippen molar-refractivity contribution in [3.05, 3.63) is 35.5 Å². The van der Waals surface area contributed by atoms with Gasteiger partial charge in [-0.25, -0.2) is 0 Å². The molecular weight excluding hydrogens is 316 g/mol. The molecule has 0 unspecified atom stereocenters. The number of fused-ring (bicyclic) bond motifs is 5. The molecule has 4 rings (SSSR count). The third-order valence-corrected chi connectivity index (χ3v) is 7.21. The fourth-order valence-electron chi connectivity index (χ4n) is 6.05. The van der Waals surface area contributed by atoms with Crippen molar-refractivity contribution in [2.24, 2.45) is 28.6 Å². The summed E-state index contributed by atoms with van der Waals surface area (Å²) in [5.41, 5.74) is 0.669. The van der Waals surface area contributed by atoms with E-state index >= 15 is 0 Å². The Morgan fingerprint density at radius 1 is 1.28 bits per heavy atom. The Morgan fingerprint density at radius 3 is 2.76 bits per heavy atom. The van der Waals surface area contributed by atoms with Crippen LogP contribution < -0.4 is 0 Å². The fraction of sp³-hybridized carbons (Fsp3) is 0.524. The van der Waals surface area contributed by atoms with Gasteiger partial charge in [-0.15, -0.1) is 0 Å². The van der Waals surface area contributed by atoms with E-state index in [9.17, 15) is 19.2 Å². The van der Waals surface area contributed by atoms with Gasteiger partial charge in [0, 0.05) is 28.7 Å². The molecule has 0 aromatic carbocycles. The lowest BCUT2D eigenvalue weighted by Crippen LogP contribution is -2.54. The highest BCUT2D eigenvalue weighted by atomic mass is 16.2. The Balaban J connectivity index is 1.75. The van der Waals surface area contributed by atoms with Crippen molar-refractivity contribution < 1.29 is 19.2 Å². The van der Waals surface area contributed by atoms with Gasteiger partial charge in [0.1, 0.15) is 5.78 Å². The Labute approximate surface area is 147 Å². The molecule has 130 valence electrons. The summed E-state index contributed by atoms with van der Waals surface area (Å²) in [5, 5.41) is 0. The van der Waals surface area contributed by atoms with Crippen molar-refractivity contribution in [2.45, 2.75) is 39.5 Å². The van der Waals surface area contributed by atoms with Gasteiger partial charge in [0.05, 0.1) is 0 Å². The molecule has 0 aromatic rings. The number of hydrogen-bond acceptors (Lipinski definition) is 4. The molecule has 0 saturated heterocycles. The van der Waals surface area contributed by atoms with Crippen molar-refractivity contribution in [2.75, 3.05) is 0 Å². The van der Waals surface area contributed by atoms with Crippen LogP contribution in [0.2, 0.25) is 0 Å². The van der Waals surface area contributed by atoms with E-state index in [1.165, 1.54) is 0 Å². The van der Waals surface area contributed by atoms with Crippen LogP contribution in [0.15, 0.2) is 35.5 Å². The molecule has 4 aliphatic rings. The maximum Gasteiger partial charge on any atom is 0.221 e. The van der Waals surface area contributed by atoms with Crippen molar-refractivity contribution in [3.8, 4) is 0 Å². The molecule has 0 bridgehead atoms. The quantitative estimate of drug-likeness (QED) is 0.573. The number of carbonyl (C=O) groups excluding carboxylic acids is 4. The minimum Gasteiger partial charge on any atom is -0.299 e. The minimum absolute atomic E-state index is 0.000390. The van der Waals surface area contributed by atoms with E-state index in [-0.39, 0.29) is 29.3 Å². The standard InChI is InChI=1S/C21H22O4/c1-20-8-7-13(23)9-12(20)3-4-14-15-5-6-16(18(25)11-22)21(15,2)10-17(24)19(14)20/h6-9,11,14-15,19H,3-5,10H2,1-2H3/t14-,15-,19+,20-,21-/m0/s1. The first-order chi connectivity index (χ1) is 11.8. The highest BCUT2D eigenvalue weighted by Crippen LogP contribution is 2.63. The van der Waals surface area contributed by atoms with Gasteiger partial charge in [0.15, 0.2) is 12.1 Å². The number of ketones is 3. The summed E-state index contributed by atoms with van der Waals surface area (Å²) >= 11 is 0. The topological polar surface area (TPSA) is 68.3 Å². The number of carbonyl (C=O) groups is 4. The van der Waals surface area contributed by atoms with E-state index in [2.05, 4.69) is 6.92 Å². The second-order valence-corrected chi connectivity index (χ2v) is 8.37. The maximum absolute atomic E-state index is 13.2. The molecule has 0 amide bonds. The SMILES string of the molecule is C[C@]12C=CC(=O)C=C1CC[C@@H]1[C@@H]2C(=O)C[C@]2(C)C(C(=O)C=O)=CC[C@@H]12. The molecule has 4 heteroatoms. The number of aldehydes is 1. The van der Waals surface area contributed by atoms with Gasteiger partial charge in [-0.3, -0.25) is 19.2 Å². The van der Waals surface area contributed by atoms with Gasteiger partial charge in [0.25, 0.3) is 0 Å². The first-order valence-corrected chi connectivity index (χ1v) is 8.98. The molecule has 0 N–H and O–H groups in total. The lowest BCUT2D eigenvalue weighted by molar-refractivity contribution is -0.140. The van der Waals surface area contributed by atoms with E-state index in [0.717, 1.165) is 24.8 Å². The van der Waals surface area contributed by atoms with Gasteiger partial charge < -0.3 is 0 Å². The zero-order valence-corrected chi connectivity index (χ0v) is 14.6. The van der Waals surface area contributed by atoms with Crippen LogP contribution in [0.1, 0.15) is 39.5 Å². The third-order valence-electron chi connectivity index (χ3n) is 7.21. The van der Waals surface area contributed by atoms with Crippen LogP contribution in [-0.2, 0) is 19.2 Å². The number of Topliss-reactive ketones (excluding diaryl/α,β-unsaturated/α-hetero) is 2. The van der Waals surface area contributed by atoms with E-state index < -0.39 is 16.6 Å². The number of allylic oxidation sites excluding steroid dienone is 6. The van der Waals surface area contributed by atoms with Crippen LogP contribution in [-0.4, -0.2) is 23.6 Å². The molecular formula is C21H22O4.